The lowest BCUT2D eigenvalue weighted by Gasteiger charge is -2.52. The van der Waals surface area contributed by atoms with Gasteiger partial charge in [0.2, 0.25) is 5.91 Å². The summed E-state index contributed by atoms with van der Waals surface area (Å²) in [6, 6.07) is 4.13. The summed E-state index contributed by atoms with van der Waals surface area (Å²) in [7, 11) is 0. The maximum atomic E-state index is 13.3. The molecule has 2 saturated carbocycles. The number of amides is 1. The molecule has 3 unspecified atom stereocenters. The lowest BCUT2D eigenvalue weighted by Crippen LogP contribution is -2.69. The Morgan fingerprint density at radius 3 is 2.41 bits per heavy atom. The van der Waals surface area contributed by atoms with Crippen LogP contribution in [0.1, 0.15) is 35.7 Å². The van der Waals surface area contributed by atoms with Crippen molar-refractivity contribution in [2.24, 2.45) is 29.4 Å². The Kier molecular flexibility index (Phi) is 3.88. The van der Waals surface area contributed by atoms with Crippen LogP contribution in [0.2, 0.25) is 0 Å². The number of aromatic hydroxyl groups is 1. The second-order valence-electron chi connectivity index (χ2n) is 8.23. The summed E-state index contributed by atoms with van der Waals surface area (Å²) < 4.78 is 0. The molecule has 4 rings (SSSR count). The second-order valence-corrected chi connectivity index (χ2v) is 8.23. The van der Waals surface area contributed by atoms with E-state index in [1.807, 2.05) is 0 Å². The fourth-order valence-electron chi connectivity index (χ4n) is 5.23. The van der Waals surface area contributed by atoms with E-state index in [4.69, 9.17) is 5.73 Å². The summed E-state index contributed by atoms with van der Waals surface area (Å²) in [5, 5.41) is 32.4. The number of rotatable bonds is 1. The molecule has 3 aliphatic rings. The number of ketones is 4. The molecular formula is C20H19NO8. The Hall–Kier alpha value is -2.91. The van der Waals surface area contributed by atoms with Crippen LogP contribution < -0.4 is 5.73 Å². The SMILES string of the molecule is CC1(O)c2cccc(O)c2C(=O)C2C(=O)[C@]3(O)C(=O)C(C(N)=O)C(=O)C[C@@H]3C[C@@H]21. The van der Waals surface area contributed by atoms with Crippen LogP contribution in [0.4, 0.5) is 0 Å². The van der Waals surface area contributed by atoms with E-state index >= 15 is 0 Å². The number of carbonyl (C=O) groups is 5. The van der Waals surface area contributed by atoms with Crippen LogP contribution >= 0.6 is 0 Å². The largest absolute Gasteiger partial charge is 0.507 e. The standard InChI is InChI=1S/C20H19NO8/c1-19(28)8-3-2-4-10(22)12(8)15(24)13-9(19)5-7-6-11(23)14(18(21)27)17(26)20(7,29)16(13)25/h2-4,7,9,13-14,22,28-29H,5-6H2,1H3,(H2,21,27)/t7-,9-,13?,14?,19?,20-/m0/s1. The molecule has 5 N–H and O–H groups in total. The Bertz CT molecular complexity index is 1010. The number of benzene rings is 1. The molecule has 1 aromatic carbocycles. The highest BCUT2D eigenvalue weighted by Gasteiger charge is 2.68. The minimum atomic E-state index is -2.73. The van der Waals surface area contributed by atoms with Crippen LogP contribution in [-0.2, 0) is 24.8 Å². The molecule has 3 aliphatic carbocycles. The van der Waals surface area contributed by atoms with Gasteiger partial charge in [0.15, 0.2) is 34.7 Å². The third-order valence-electron chi connectivity index (χ3n) is 6.72. The number of Topliss-reactive ketones (excluding diaryl/α,β-unsaturated/α-hetero) is 4. The van der Waals surface area contributed by atoms with Gasteiger partial charge in [-0.1, -0.05) is 12.1 Å². The summed E-state index contributed by atoms with van der Waals surface area (Å²) in [5.41, 5.74) is 0.523. The molecule has 29 heavy (non-hydrogen) atoms. The maximum Gasteiger partial charge on any atom is 0.235 e. The Labute approximate surface area is 164 Å². The summed E-state index contributed by atoms with van der Waals surface area (Å²) in [4.78, 5) is 63.0. The van der Waals surface area contributed by atoms with Gasteiger partial charge in [0.05, 0.1) is 17.1 Å². The fraction of sp³-hybridized carbons (Fsp3) is 0.450. The van der Waals surface area contributed by atoms with E-state index in [1.165, 1.54) is 25.1 Å². The predicted octanol–water partition coefficient (Wildman–Crippen LogP) is -1.01. The molecule has 0 bridgehead atoms. The van der Waals surface area contributed by atoms with Gasteiger partial charge in [-0.25, -0.2) is 0 Å². The molecule has 1 aromatic rings. The van der Waals surface area contributed by atoms with E-state index < -0.39 is 76.1 Å². The quantitative estimate of drug-likeness (QED) is 0.433. The Morgan fingerprint density at radius 2 is 1.79 bits per heavy atom. The van der Waals surface area contributed by atoms with Crippen molar-refractivity contribution in [1.29, 1.82) is 0 Å². The Morgan fingerprint density at radius 1 is 1.14 bits per heavy atom. The van der Waals surface area contributed by atoms with Gasteiger partial charge in [-0.05, 0) is 25.0 Å². The van der Waals surface area contributed by atoms with Crippen molar-refractivity contribution < 1.29 is 39.3 Å². The van der Waals surface area contributed by atoms with E-state index in [2.05, 4.69) is 0 Å². The van der Waals surface area contributed by atoms with Crippen molar-refractivity contribution in [2.45, 2.75) is 31.0 Å². The molecular weight excluding hydrogens is 382 g/mol. The third kappa shape index (κ3) is 2.25. The summed E-state index contributed by atoms with van der Waals surface area (Å²) in [5.74, 6) is -11.6. The molecule has 0 aliphatic heterocycles. The molecule has 0 radical (unpaired) electrons. The molecule has 0 heterocycles. The van der Waals surface area contributed by atoms with Gasteiger partial charge in [0, 0.05) is 18.3 Å². The number of primary amides is 1. The van der Waals surface area contributed by atoms with Crippen molar-refractivity contribution >= 4 is 29.0 Å². The van der Waals surface area contributed by atoms with Crippen LogP contribution in [-0.4, -0.2) is 50.0 Å². The van der Waals surface area contributed by atoms with E-state index in [-0.39, 0.29) is 17.5 Å². The number of phenols is 1. The highest BCUT2D eigenvalue weighted by molar-refractivity contribution is 6.31. The van der Waals surface area contributed by atoms with Gasteiger partial charge in [-0.3, -0.25) is 24.0 Å². The minimum Gasteiger partial charge on any atom is -0.507 e. The van der Waals surface area contributed by atoms with Gasteiger partial charge in [0.1, 0.15) is 5.75 Å². The van der Waals surface area contributed by atoms with Crippen molar-refractivity contribution in [1.82, 2.24) is 0 Å². The normalized spacial score (nSPS) is 38.9. The fourth-order valence-corrected chi connectivity index (χ4v) is 5.23. The zero-order valence-corrected chi connectivity index (χ0v) is 15.4. The zero-order valence-electron chi connectivity index (χ0n) is 15.4. The number of hydrogen-bond donors (Lipinski definition) is 4. The first kappa shape index (κ1) is 19.4. The smallest absolute Gasteiger partial charge is 0.235 e. The minimum absolute atomic E-state index is 0.130. The number of hydrogen-bond acceptors (Lipinski definition) is 8. The molecule has 152 valence electrons. The van der Waals surface area contributed by atoms with E-state index in [0.29, 0.717) is 0 Å². The van der Waals surface area contributed by atoms with Gasteiger partial charge in [-0.2, -0.15) is 0 Å². The lowest BCUT2D eigenvalue weighted by atomic mass is 9.51. The first-order chi connectivity index (χ1) is 13.4. The molecule has 0 saturated heterocycles. The first-order valence-corrected chi connectivity index (χ1v) is 9.16. The maximum absolute atomic E-state index is 13.3. The molecule has 1 amide bonds. The number of phenolic OH excluding ortho intramolecular Hbond substituents is 1. The van der Waals surface area contributed by atoms with Crippen LogP contribution in [0, 0.1) is 23.7 Å². The van der Waals surface area contributed by atoms with Crippen LogP contribution in [0.5, 0.6) is 5.75 Å². The summed E-state index contributed by atoms with van der Waals surface area (Å²) in [6.07, 6.45) is -0.633. The van der Waals surface area contributed by atoms with Crippen molar-refractivity contribution in [3.8, 4) is 5.75 Å². The molecule has 2 fully saturated rings. The second kappa shape index (κ2) is 5.80. The van der Waals surface area contributed by atoms with Gasteiger partial charge in [0.25, 0.3) is 0 Å². The highest BCUT2D eigenvalue weighted by Crippen LogP contribution is 2.55. The predicted molar refractivity (Wildman–Crippen MR) is 94.4 cm³/mol. The van der Waals surface area contributed by atoms with E-state index in [9.17, 15) is 39.3 Å². The van der Waals surface area contributed by atoms with Crippen molar-refractivity contribution in [3.63, 3.8) is 0 Å². The third-order valence-corrected chi connectivity index (χ3v) is 6.72. The van der Waals surface area contributed by atoms with E-state index in [0.717, 1.165) is 0 Å². The molecule has 0 aromatic heterocycles. The molecule has 9 heteroatoms. The van der Waals surface area contributed by atoms with Gasteiger partial charge < -0.3 is 21.1 Å². The number of fused-ring (bicyclic) bond motifs is 3. The number of carbonyl (C=O) groups excluding carboxylic acids is 5. The van der Waals surface area contributed by atoms with Gasteiger partial charge in [-0.15, -0.1) is 0 Å². The van der Waals surface area contributed by atoms with Crippen LogP contribution in [0.25, 0.3) is 0 Å². The van der Waals surface area contributed by atoms with Gasteiger partial charge >= 0.3 is 0 Å². The number of aliphatic hydroxyl groups is 2. The van der Waals surface area contributed by atoms with Crippen LogP contribution in [0.15, 0.2) is 18.2 Å². The molecule has 0 spiro atoms. The number of nitrogens with two attached hydrogens (primary N) is 1. The van der Waals surface area contributed by atoms with Crippen molar-refractivity contribution in [2.75, 3.05) is 0 Å². The first-order valence-electron chi connectivity index (χ1n) is 9.16. The van der Waals surface area contributed by atoms with E-state index in [1.54, 1.807) is 0 Å². The average Bonchev–Trinajstić information content (AvgIpc) is 2.62. The highest BCUT2D eigenvalue weighted by atomic mass is 16.3. The topological polar surface area (TPSA) is 172 Å². The average molecular weight is 401 g/mol. The monoisotopic (exact) mass is 401 g/mol. The zero-order chi connectivity index (χ0) is 21.5. The van der Waals surface area contributed by atoms with Crippen molar-refractivity contribution in [3.05, 3.63) is 29.3 Å². The molecule has 6 atom stereocenters. The summed E-state index contributed by atoms with van der Waals surface area (Å²) >= 11 is 0. The summed E-state index contributed by atoms with van der Waals surface area (Å²) in [6.45, 7) is 1.38. The van der Waals surface area contributed by atoms with Crippen LogP contribution in [0.3, 0.4) is 0 Å². The Balaban J connectivity index is 1.89. The molecule has 9 nitrogen and oxygen atoms in total. The lowest BCUT2D eigenvalue weighted by molar-refractivity contribution is -0.182.